The summed E-state index contributed by atoms with van der Waals surface area (Å²) in [5.41, 5.74) is 1.18. The van der Waals surface area contributed by atoms with Crippen LogP contribution < -0.4 is 5.63 Å². The van der Waals surface area contributed by atoms with Gasteiger partial charge in [-0.25, -0.2) is 4.79 Å². The van der Waals surface area contributed by atoms with Gasteiger partial charge in [0.2, 0.25) is 0 Å². The molecule has 6 heteroatoms. The number of allylic oxidation sites excluding steroid dienone is 1. The minimum absolute atomic E-state index is 0.0350. The summed E-state index contributed by atoms with van der Waals surface area (Å²) in [6.45, 7) is 6.15. The summed E-state index contributed by atoms with van der Waals surface area (Å²) in [4.78, 5) is 11.5. The number of aliphatic hydroxyl groups excluding tert-OH is 2. The molecule has 9 unspecified atom stereocenters. The van der Waals surface area contributed by atoms with Crippen molar-refractivity contribution in [2.75, 3.05) is 0 Å². The van der Waals surface area contributed by atoms with Crippen LogP contribution in [-0.4, -0.2) is 39.4 Å². The molecule has 0 bridgehead atoms. The predicted octanol–water partition coefficient (Wildman–Crippen LogP) is 3.89. The van der Waals surface area contributed by atoms with E-state index in [-0.39, 0.29) is 34.4 Å². The summed E-state index contributed by atoms with van der Waals surface area (Å²) in [5.74, 6) is 0.869. The topological polar surface area (TPSA) is 100 Å². The largest absolute Gasteiger partial charge is 0.431 e. The molecule has 4 aliphatic rings. The van der Waals surface area contributed by atoms with Gasteiger partial charge >= 0.3 is 5.63 Å². The van der Waals surface area contributed by atoms with E-state index in [4.69, 9.17) is 9.15 Å². The second kappa shape index (κ2) is 8.04. The Hall–Kier alpha value is -1.47. The first kappa shape index (κ1) is 23.3. The van der Waals surface area contributed by atoms with E-state index in [0.29, 0.717) is 5.92 Å². The summed E-state index contributed by atoms with van der Waals surface area (Å²) in [6.07, 6.45) is 8.95. The molecule has 0 aromatic carbocycles. The van der Waals surface area contributed by atoms with Gasteiger partial charge in [0.15, 0.2) is 6.29 Å². The van der Waals surface area contributed by atoms with Gasteiger partial charge in [0.25, 0.3) is 0 Å². The van der Waals surface area contributed by atoms with Crippen LogP contribution in [0.3, 0.4) is 0 Å². The van der Waals surface area contributed by atoms with Crippen LogP contribution in [0.5, 0.6) is 0 Å². The number of hydrogen-bond donors (Lipinski definition) is 3. The van der Waals surface area contributed by atoms with Crippen LogP contribution in [0.25, 0.3) is 0 Å². The van der Waals surface area contributed by atoms with E-state index in [1.807, 2.05) is 6.07 Å². The molecule has 3 fully saturated rings. The second-order valence-corrected chi connectivity index (χ2v) is 11.6. The maximum atomic E-state index is 12.3. The van der Waals surface area contributed by atoms with Crippen molar-refractivity contribution in [3.63, 3.8) is 0 Å². The van der Waals surface area contributed by atoms with Crippen LogP contribution in [0.15, 0.2) is 39.3 Å². The van der Waals surface area contributed by atoms with Gasteiger partial charge in [0.05, 0.1) is 18.0 Å². The summed E-state index contributed by atoms with van der Waals surface area (Å²) >= 11 is 0. The molecule has 182 valence electrons. The molecule has 0 spiro atoms. The maximum absolute atomic E-state index is 12.3. The van der Waals surface area contributed by atoms with Crippen molar-refractivity contribution in [2.24, 2.45) is 22.7 Å². The fourth-order valence-corrected chi connectivity index (χ4v) is 8.17. The molecular weight excluding hydrogens is 420 g/mol. The normalized spacial score (nSPS) is 44.2. The number of ether oxygens (including phenoxy) is 1. The Morgan fingerprint density at radius 3 is 2.55 bits per heavy atom. The van der Waals surface area contributed by atoms with Crippen molar-refractivity contribution in [3.8, 4) is 0 Å². The van der Waals surface area contributed by atoms with E-state index < -0.39 is 18.0 Å². The Morgan fingerprint density at radius 1 is 1.06 bits per heavy atom. The monoisotopic (exact) mass is 458 g/mol. The Bertz CT molecular complexity index is 963. The van der Waals surface area contributed by atoms with Crippen LogP contribution in [0.1, 0.15) is 83.6 Å². The standard InChI is InChI=1S/C27H38O6/c1-16(28)24(30)33-19-8-11-25(2)18(14-19)5-6-22-21(25)9-12-26(3)20(10-13-27(22,26)31)17-4-7-23(29)32-15-17/h4,7,14-16,19-22,24,28,30-31H,5-6,8-13H2,1-3H3. The van der Waals surface area contributed by atoms with Crippen LogP contribution in [0.2, 0.25) is 0 Å². The number of hydrogen-bond acceptors (Lipinski definition) is 6. The molecule has 0 amide bonds. The highest BCUT2D eigenvalue weighted by molar-refractivity contribution is 5.31. The quantitative estimate of drug-likeness (QED) is 0.468. The average Bonchev–Trinajstić information content (AvgIpc) is 3.06. The fraction of sp³-hybridized carbons (Fsp3) is 0.741. The highest BCUT2D eigenvalue weighted by Crippen LogP contribution is 2.70. The van der Waals surface area contributed by atoms with E-state index in [1.165, 1.54) is 18.6 Å². The van der Waals surface area contributed by atoms with Crippen LogP contribution in [0.4, 0.5) is 0 Å². The molecule has 5 rings (SSSR count). The Labute approximate surface area is 195 Å². The molecule has 1 heterocycles. The third-order valence-electron chi connectivity index (χ3n) is 10.1. The van der Waals surface area contributed by atoms with Crippen molar-refractivity contribution >= 4 is 0 Å². The zero-order chi connectivity index (χ0) is 23.6. The van der Waals surface area contributed by atoms with E-state index in [9.17, 15) is 20.1 Å². The van der Waals surface area contributed by atoms with Crippen molar-refractivity contribution < 1.29 is 24.5 Å². The van der Waals surface area contributed by atoms with Gasteiger partial charge in [-0.3, -0.25) is 0 Å². The Kier molecular flexibility index (Phi) is 5.67. The van der Waals surface area contributed by atoms with Crippen LogP contribution in [0, 0.1) is 22.7 Å². The number of fused-ring (bicyclic) bond motifs is 5. The number of rotatable bonds is 4. The Morgan fingerprint density at radius 2 is 1.85 bits per heavy atom. The Balaban J connectivity index is 1.41. The molecule has 33 heavy (non-hydrogen) atoms. The molecule has 9 atom stereocenters. The van der Waals surface area contributed by atoms with Crippen molar-refractivity contribution in [1.29, 1.82) is 0 Å². The highest BCUT2D eigenvalue weighted by Gasteiger charge is 2.66. The first-order chi connectivity index (χ1) is 15.6. The van der Waals surface area contributed by atoms with Gasteiger partial charge in [-0.1, -0.05) is 25.5 Å². The molecule has 3 N–H and O–H groups in total. The average molecular weight is 459 g/mol. The lowest BCUT2D eigenvalue weighted by Gasteiger charge is -2.62. The lowest BCUT2D eigenvalue weighted by atomic mass is 9.45. The molecule has 1 aromatic rings. The third kappa shape index (κ3) is 3.48. The smallest absolute Gasteiger partial charge is 0.335 e. The molecule has 6 nitrogen and oxygen atoms in total. The summed E-state index contributed by atoms with van der Waals surface area (Å²) in [5, 5.41) is 31.9. The zero-order valence-electron chi connectivity index (χ0n) is 20.0. The lowest BCUT2D eigenvalue weighted by Crippen LogP contribution is -2.60. The van der Waals surface area contributed by atoms with Crippen LogP contribution in [-0.2, 0) is 4.74 Å². The predicted molar refractivity (Wildman–Crippen MR) is 123 cm³/mol. The van der Waals surface area contributed by atoms with Crippen LogP contribution >= 0.6 is 0 Å². The molecule has 0 radical (unpaired) electrons. The summed E-state index contributed by atoms with van der Waals surface area (Å²) < 4.78 is 10.9. The van der Waals surface area contributed by atoms with E-state index in [0.717, 1.165) is 56.9 Å². The van der Waals surface area contributed by atoms with E-state index >= 15 is 0 Å². The molecule has 0 aliphatic heterocycles. The lowest BCUT2D eigenvalue weighted by molar-refractivity contribution is -0.189. The number of aliphatic hydroxyl groups is 3. The van der Waals surface area contributed by atoms with Gasteiger partial charge in [-0.2, -0.15) is 0 Å². The molecule has 3 saturated carbocycles. The highest BCUT2D eigenvalue weighted by atomic mass is 16.6. The minimum Gasteiger partial charge on any atom is -0.431 e. The summed E-state index contributed by atoms with van der Waals surface area (Å²) in [6, 6.07) is 3.38. The minimum atomic E-state index is -1.17. The molecule has 0 saturated heterocycles. The van der Waals surface area contributed by atoms with Crippen molar-refractivity contribution in [2.45, 2.75) is 102 Å². The summed E-state index contributed by atoms with van der Waals surface area (Å²) in [7, 11) is 0. The van der Waals surface area contributed by atoms with Crippen molar-refractivity contribution in [3.05, 3.63) is 46.0 Å². The molecule has 1 aromatic heterocycles. The van der Waals surface area contributed by atoms with Crippen molar-refractivity contribution in [1.82, 2.24) is 0 Å². The van der Waals surface area contributed by atoms with Gasteiger partial charge in [-0.15, -0.1) is 0 Å². The van der Waals surface area contributed by atoms with Gasteiger partial charge in [-0.05, 0) is 93.1 Å². The van der Waals surface area contributed by atoms with E-state index in [1.54, 1.807) is 6.26 Å². The van der Waals surface area contributed by atoms with Gasteiger partial charge < -0.3 is 24.5 Å². The molecular formula is C27H38O6. The second-order valence-electron chi connectivity index (χ2n) is 11.6. The third-order valence-corrected chi connectivity index (χ3v) is 10.1. The molecule has 4 aliphatic carbocycles. The first-order valence-electron chi connectivity index (χ1n) is 12.6. The van der Waals surface area contributed by atoms with Gasteiger partial charge in [0, 0.05) is 11.5 Å². The first-order valence-corrected chi connectivity index (χ1v) is 12.6. The zero-order valence-corrected chi connectivity index (χ0v) is 20.0. The fourth-order valence-electron chi connectivity index (χ4n) is 8.17. The maximum Gasteiger partial charge on any atom is 0.335 e. The SMILES string of the molecule is CC(O)C(O)OC1C=C2CCC3C(CCC4(C)C(c5ccc(=O)oc5)CCC34O)C2(C)CC1. The van der Waals surface area contributed by atoms with Gasteiger partial charge in [0.1, 0.15) is 6.10 Å². The van der Waals surface area contributed by atoms with E-state index in [2.05, 4.69) is 19.9 Å².